The zero-order chi connectivity index (χ0) is 27.1. The summed E-state index contributed by atoms with van der Waals surface area (Å²) in [6.45, 7) is 7.19. The molecule has 7 nitrogen and oxygen atoms in total. The Labute approximate surface area is 229 Å². The van der Waals surface area contributed by atoms with Crippen molar-refractivity contribution in [1.29, 1.82) is 0 Å². The summed E-state index contributed by atoms with van der Waals surface area (Å²) >= 11 is 0. The molecular formula is C32H35N5O2. The van der Waals surface area contributed by atoms with Crippen molar-refractivity contribution in [3.63, 3.8) is 0 Å². The molecular weight excluding hydrogens is 486 g/mol. The lowest BCUT2D eigenvalue weighted by atomic mass is 9.86. The summed E-state index contributed by atoms with van der Waals surface area (Å²) in [6.07, 6.45) is 6.42. The van der Waals surface area contributed by atoms with Gasteiger partial charge in [-0.05, 0) is 91.5 Å². The molecule has 3 heterocycles. The van der Waals surface area contributed by atoms with Gasteiger partial charge in [0.25, 0.3) is 0 Å². The van der Waals surface area contributed by atoms with E-state index in [4.69, 9.17) is 0 Å². The van der Waals surface area contributed by atoms with E-state index in [0.717, 1.165) is 35.2 Å². The molecule has 6 rings (SSSR count). The first-order valence-electron chi connectivity index (χ1n) is 13.8. The van der Waals surface area contributed by atoms with E-state index in [9.17, 15) is 9.59 Å². The highest BCUT2D eigenvalue weighted by Gasteiger charge is 2.43. The van der Waals surface area contributed by atoms with E-state index < -0.39 is 0 Å². The van der Waals surface area contributed by atoms with Gasteiger partial charge in [-0.15, -0.1) is 0 Å². The van der Waals surface area contributed by atoms with Gasteiger partial charge in [-0.1, -0.05) is 42.5 Å². The van der Waals surface area contributed by atoms with Crippen molar-refractivity contribution in [1.82, 2.24) is 24.8 Å². The molecule has 1 saturated carbocycles. The topological polar surface area (TPSA) is 79.6 Å². The van der Waals surface area contributed by atoms with Crippen molar-refractivity contribution in [3.05, 3.63) is 89.4 Å². The molecule has 2 aliphatic rings. The van der Waals surface area contributed by atoms with Gasteiger partial charge in [-0.3, -0.25) is 4.79 Å². The maximum absolute atomic E-state index is 13.2. The van der Waals surface area contributed by atoms with Crippen molar-refractivity contribution >= 4 is 17.5 Å². The molecule has 4 aromatic rings. The number of Topliss-reactive ketones (excluding diaryl/α,β-unsaturated/α-hetero) is 1. The number of pyridine rings is 1. The molecule has 1 N–H and O–H groups in total. The Morgan fingerprint density at radius 3 is 2.67 bits per heavy atom. The second-order valence-corrected chi connectivity index (χ2v) is 11.9. The number of hydrogen-bond acceptors (Lipinski definition) is 4. The third-order valence-corrected chi connectivity index (χ3v) is 7.94. The van der Waals surface area contributed by atoms with Crippen LogP contribution in [0.3, 0.4) is 0 Å². The molecule has 7 heteroatoms. The number of benzene rings is 2. The second kappa shape index (κ2) is 9.95. The van der Waals surface area contributed by atoms with Crippen LogP contribution in [0.2, 0.25) is 0 Å². The van der Waals surface area contributed by atoms with Crippen LogP contribution in [0.5, 0.6) is 0 Å². The number of hydrogen-bond donors (Lipinski definition) is 1. The van der Waals surface area contributed by atoms with E-state index >= 15 is 0 Å². The number of aromatic nitrogens is 3. The number of ketones is 1. The van der Waals surface area contributed by atoms with Crippen LogP contribution in [0.1, 0.15) is 61.8 Å². The zero-order valence-electron chi connectivity index (χ0n) is 22.9. The quantitative estimate of drug-likeness (QED) is 0.360. The number of fused-ring (bicyclic) bond motifs is 2. The maximum atomic E-state index is 13.2. The van der Waals surface area contributed by atoms with Crippen LogP contribution >= 0.6 is 0 Å². The SMILES string of the molecule is CC(C)(C)NC(=O)N1CCc2c(-c3ccn4ncnc4c3)ccc(CCC(=O)C3C[C@H]3c3ccccc3)c2C1. The van der Waals surface area contributed by atoms with Crippen LogP contribution in [0.15, 0.2) is 67.1 Å². The Morgan fingerprint density at radius 1 is 1.05 bits per heavy atom. The molecule has 0 bridgehead atoms. The standard InChI is InChI=1S/C32H35N5O2/c1-32(2,3)35-31(39)36-15-14-25-24(23-13-16-37-30(17-23)33-20-34-37)11-9-22(28(25)19-36)10-12-29(38)27-18-26(27)21-7-5-4-6-8-21/h4-9,11,13,16-17,20,26-27H,10,12,14-15,18-19H2,1-3H3,(H,35,39)/t26-,27?/m0/s1. The van der Waals surface area contributed by atoms with Crippen LogP contribution in [-0.2, 0) is 24.2 Å². The van der Waals surface area contributed by atoms with Crippen molar-refractivity contribution < 1.29 is 9.59 Å². The molecule has 2 atom stereocenters. The lowest BCUT2D eigenvalue weighted by molar-refractivity contribution is -0.120. The van der Waals surface area contributed by atoms with Crippen LogP contribution in [-0.4, -0.2) is 43.4 Å². The molecule has 2 aromatic heterocycles. The molecule has 0 spiro atoms. The monoisotopic (exact) mass is 521 g/mol. The molecule has 39 heavy (non-hydrogen) atoms. The molecule has 2 amide bonds. The van der Waals surface area contributed by atoms with Crippen LogP contribution in [0.4, 0.5) is 4.79 Å². The molecule has 1 aliphatic heterocycles. The summed E-state index contributed by atoms with van der Waals surface area (Å²) < 4.78 is 1.76. The highest BCUT2D eigenvalue weighted by atomic mass is 16.2. The summed E-state index contributed by atoms with van der Waals surface area (Å²) in [5, 5.41) is 7.33. The molecule has 1 aliphatic carbocycles. The van der Waals surface area contributed by atoms with E-state index in [1.54, 1.807) is 10.8 Å². The highest BCUT2D eigenvalue weighted by molar-refractivity contribution is 5.85. The smallest absolute Gasteiger partial charge is 0.318 e. The van der Waals surface area contributed by atoms with Gasteiger partial charge in [-0.2, -0.15) is 5.10 Å². The first kappa shape index (κ1) is 25.3. The normalized spacial score (nSPS) is 18.6. The predicted molar refractivity (Wildman–Crippen MR) is 151 cm³/mol. The summed E-state index contributed by atoms with van der Waals surface area (Å²) in [6, 6.07) is 18.8. The number of carbonyl (C=O) groups is 2. The maximum Gasteiger partial charge on any atom is 0.318 e. The van der Waals surface area contributed by atoms with Gasteiger partial charge in [0.15, 0.2) is 5.65 Å². The van der Waals surface area contributed by atoms with Gasteiger partial charge < -0.3 is 10.2 Å². The fraction of sp³-hybridized carbons (Fsp3) is 0.375. The number of rotatable bonds is 6. The number of nitrogens with zero attached hydrogens (tertiary/aromatic N) is 4. The fourth-order valence-electron chi connectivity index (χ4n) is 5.86. The van der Waals surface area contributed by atoms with Gasteiger partial charge in [0.05, 0.1) is 0 Å². The number of carbonyl (C=O) groups excluding carboxylic acids is 2. The molecule has 0 radical (unpaired) electrons. The van der Waals surface area contributed by atoms with Crippen LogP contribution < -0.4 is 5.32 Å². The first-order valence-corrected chi connectivity index (χ1v) is 13.8. The van der Waals surface area contributed by atoms with Gasteiger partial charge in [0, 0.05) is 37.2 Å². The van der Waals surface area contributed by atoms with Crippen molar-refractivity contribution in [3.8, 4) is 11.1 Å². The Morgan fingerprint density at radius 2 is 1.87 bits per heavy atom. The second-order valence-electron chi connectivity index (χ2n) is 11.9. The van der Waals surface area contributed by atoms with Crippen LogP contribution in [0, 0.1) is 5.92 Å². The Balaban J connectivity index is 1.26. The van der Waals surface area contributed by atoms with Crippen LogP contribution in [0.25, 0.3) is 16.8 Å². The zero-order valence-corrected chi connectivity index (χ0v) is 22.9. The summed E-state index contributed by atoms with van der Waals surface area (Å²) in [5.74, 6) is 0.835. The minimum absolute atomic E-state index is 0.0471. The van der Waals surface area contributed by atoms with Gasteiger partial charge in [-0.25, -0.2) is 14.3 Å². The summed E-state index contributed by atoms with van der Waals surface area (Å²) in [4.78, 5) is 32.5. The fourth-order valence-corrected chi connectivity index (χ4v) is 5.86. The van der Waals surface area contributed by atoms with E-state index in [0.29, 0.717) is 37.6 Å². The number of nitrogens with one attached hydrogen (secondary N) is 1. The number of aryl methyl sites for hydroxylation is 1. The van der Waals surface area contributed by atoms with E-state index in [1.165, 1.54) is 16.7 Å². The molecule has 200 valence electrons. The number of amides is 2. The molecule has 1 fully saturated rings. The third kappa shape index (κ3) is 5.31. The van der Waals surface area contributed by atoms with E-state index in [2.05, 4.69) is 51.8 Å². The Hall–Kier alpha value is -4.00. The Kier molecular flexibility index (Phi) is 6.45. The van der Waals surface area contributed by atoms with Gasteiger partial charge in [0.1, 0.15) is 12.1 Å². The summed E-state index contributed by atoms with van der Waals surface area (Å²) in [7, 11) is 0. The van der Waals surface area contributed by atoms with Crippen molar-refractivity contribution in [2.45, 2.75) is 64.5 Å². The van der Waals surface area contributed by atoms with Gasteiger partial charge in [0.2, 0.25) is 0 Å². The number of urea groups is 1. The van der Waals surface area contributed by atoms with Crippen molar-refractivity contribution in [2.24, 2.45) is 5.92 Å². The minimum atomic E-state index is -0.304. The molecule has 2 aromatic carbocycles. The van der Waals surface area contributed by atoms with E-state index in [1.807, 2.05) is 50.1 Å². The molecule has 0 saturated heterocycles. The van der Waals surface area contributed by atoms with Gasteiger partial charge >= 0.3 is 6.03 Å². The highest BCUT2D eigenvalue weighted by Crippen LogP contribution is 2.48. The summed E-state index contributed by atoms with van der Waals surface area (Å²) in [5.41, 5.74) is 7.61. The third-order valence-electron chi connectivity index (χ3n) is 7.94. The minimum Gasteiger partial charge on any atom is -0.333 e. The predicted octanol–water partition coefficient (Wildman–Crippen LogP) is 5.57. The largest absolute Gasteiger partial charge is 0.333 e. The Bertz CT molecular complexity index is 1540. The van der Waals surface area contributed by atoms with Crippen molar-refractivity contribution in [2.75, 3.05) is 6.54 Å². The van der Waals surface area contributed by atoms with E-state index in [-0.39, 0.29) is 17.5 Å². The average molecular weight is 522 g/mol. The molecule has 1 unspecified atom stereocenters. The lowest BCUT2D eigenvalue weighted by Gasteiger charge is -2.34. The first-order chi connectivity index (χ1) is 18.8. The average Bonchev–Trinajstić information content (AvgIpc) is 3.60. The lowest BCUT2D eigenvalue weighted by Crippen LogP contribution is -2.50.